The molecule has 0 spiro atoms. The molecule has 3 nitrogen and oxygen atoms in total. The lowest BCUT2D eigenvalue weighted by Crippen LogP contribution is -2.06. The fraction of sp³-hybridized carbons (Fsp3) is 0.167. The SMILES string of the molecule is CN(C)C=Nc1nc(-c2ccc(Br)cc2)cs1. The molecular weight excluding hydrogens is 298 g/mol. The number of benzene rings is 1. The highest BCUT2D eigenvalue weighted by atomic mass is 79.9. The zero-order valence-electron chi connectivity index (χ0n) is 9.59. The summed E-state index contributed by atoms with van der Waals surface area (Å²) >= 11 is 4.96. The molecule has 0 bridgehead atoms. The van der Waals surface area contributed by atoms with E-state index in [9.17, 15) is 0 Å². The fourth-order valence-corrected chi connectivity index (χ4v) is 2.17. The van der Waals surface area contributed by atoms with Crippen LogP contribution >= 0.6 is 27.3 Å². The van der Waals surface area contributed by atoms with Gasteiger partial charge in [-0.1, -0.05) is 28.1 Å². The molecule has 0 aliphatic rings. The van der Waals surface area contributed by atoms with Gasteiger partial charge >= 0.3 is 0 Å². The van der Waals surface area contributed by atoms with Crippen molar-refractivity contribution in [2.45, 2.75) is 0 Å². The van der Waals surface area contributed by atoms with Gasteiger partial charge < -0.3 is 4.90 Å². The molecule has 0 aliphatic heterocycles. The van der Waals surface area contributed by atoms with Crippen LogP contribution in [0.4, 0.5) is 5.13 Å². The Morgan fingerprint density at radius 2 is 2.00 bits per heavy atom. The molecule has 0 atom stereocenters. The zero-order chi connectivity index (χ0) is 12.3. The number of hydrogen-bond donors (Lipinski definition) is 0. The Morgan fingerprint density at radius 1 is 1.29 bits per heavy atom. The summed E-state index contributed by atoms with van der Waals surface area (Å²) < 4.78 is 1.07. The second kappa shape index (κ2) is 5.42. The maximum atomic E-state index is 4.46. The monoisotopic (exact) mass is 309 g/mol. The summed E-state index contributed by atoms with van der Waals surface area (Å²) in [7, 11) is 3.87. The highest BCUT2D eigenvalue weighted by molar-refractivity contribution is 9.10. The van der Waals surface area contributed by atoms with Crippen LogP contribution in [0.15, 0.2) is 39.1 Å². The first kappa shape index (κ1) is 12.3. The van der Waals surface area contributed by atoms with Gasteiger partial charge in [-0.2, -0.15) is 0 Å². The number of halogens is 1. The minimum Gasteiger partial charge on any atom is -0.369 e. The van der Waals surface area contributed by atoms with Gasteiger partial charge in [0.1, 0.15) is 0 Å². The number of nitrogens with zero attached hydrogens (tertiary/aromatic N) is 3. The van der Waals surface area contributed by atoms with Gasteiger partial charge in [-0.05, 0) is 12.1 Å². The van der Waals surface area contributed by atoms with Crippen LogP contribution in [0, 0.1) is 0 Å². The van der Waals surface area contributed by atoms with E-state index in [1.165, 1.54) is 0 Å². The van der Waals surface area contributed by atoms with Crippen LogP contribution in [0.2, 0.25) is 0 Å². The van der Waals surface area contributed by atoms with Crippen LogP contribution in [-0.2, 0) is 0 Å². The summed E-state index contributed by atoms with van der Waals surface area (Å²) in [5, 5.41) is 2.79. The van der Waals surface area contributed by atoms with Gasteiger partial charge in [0, 0.05) is 29.5 Å². The summed E-state index contributed by atoms with van der Waals surface area (Å²) in [6.45, 7) is 0. The first-order chi connectivity index (χ1) is 8.15. The number of aliphatic imine (C=N–C) groups is 1. The number of hydrogen-bond acceptors (Lipinski definition) is 3. The van der Waals surface area contributed by atoms with E-state index >= 15 is 0 Å². The quantitative estimate of drug-likeness (QED) is 0.637. The highest BCUT2D eigenvalue weighted by Crippen LogP contribution is 2.27. The van der Waals surface area contributed by atoms with Crippen LogP contribution in [0.25, 0.3) is 11.3 Å². The van der Waals surface area contributed by atoms with Crippen molar-refractivity contribution in [1.82, 2.24) is 9.88 Å². The van der Waals surface area contributed by atoms with Gasteiger partial charge in [0.2, 0.25) is 5.13 Å². The van der Waals surface area contributed by atoms with E-state index in [4.69, 9.17) is 0 Å². The molecule has 0 unspecified atom stereocenters. The van der Waals surface area contributed by atoms with E-state index < -0.39 is 0 Å². The van der Waals surface area contributed by atoms with Crippen molar-refractivity contribution >= 4 is 38.7 Å². The lowest BCUT2D eigenvalue weighted by atomic mass is 10.2. The predicted octanol–water partition coefficient (Wildman–Crippen LogP) is 3.79. The molecule has 2 rings (SSSR count). The van der Waals surface area contributed by atoms with Crippen molar-refractivity contribution in [3.05, 3.63) is 34.1 Å². The molecule has 5 heteroatoms. The van der Waals surface area contributed by atoms with E-state index in [2.05, 4.69) is 25.9 Å². The molecule has 17 heavy (non-hydrogen) atoms. The highest BCUT2D eigenvalue weighted by Gasteiger charge is 2.03. The van der Waals surface area contributed by atoms with Crippen LogP contribution < -0.4 is 0 Å². The Balaban J connectivity index is 2.21. The molecule has 1 heterocycles. The standard InChI is InChI=1S/C12H12BrN3S/c1-16(2)8-14-12-15-11(7-17-12)9-3-5-10(13)6-4-9/h3-8H,1-2H3. The summed E-state index contributed by atoms with van der Waals surface area (Å²) in [4.78, 5) is 10.6. The Labute approximate surface area is 113 Å². The van der Waals surface area contributed by atoms with Crippen LogP contribution in [0.5, 0.6) is 0 Å². The molecule has 0 amide bonds. The molecule has 88 valence electrons. The normalized spacial score (nSPS) is 11.0. The third-order valence-electron chi connectivity index (χ3n) is 2.03. The summed E-state index contributed by atoms with van der Waals surface area (Å²) in [6.07, 6.45) is 1.75. The Bertz CT molecular complexity index is 517. The Morgan fingerprint density at radius 3 is 2.65 bits per heavy atom. The number of thiazole rings is 1. The minimum absolute atomic E-state index is 0.775. The first-order valence-electron chi connectivity index (χ1n) is 5.07. The van der Waals surface area contributed by atoms with Crippen molar-refractivity contribution in [2.75, 3.05) is 14.1 Å². The molecule has 0 saturated carbocycles. The lowest BCUT2D eigenvalue weighted by molar-refractivity contribution is 0.643. The maximum absolute atomic E-state index is 4.46. The van der Waals surface area contributed by atoms with Gasteiger partial charge in [-0.15, -0.1) is 11.3 Å². The van der Waals surface area contributed by atoms with E-state index in [1.807, 2.05) is 48.6 Å². The van der Waals surface area contributed by atoms with Gasteiger partial charge in [0.25, 0.3) is 0 Å². The first-order valence-corrected chi connectivity index (χ1v) is 6.74. The van der Waals surface area contributed by atoms with Crippen molar-refractivity contribution in [3.63, 3.8) is 0 Å². The van der Waals surface area contributed by atoms with Crippen molar-refractivity contribution < 1.29 is 0 Å². The third-order valence-corrected chi connectivity index (χ3v) is 3.31. The summed E-state index contributed by atoms with van der Waals surface area (Å²) in [5.74, 6) is 0. The van der Waals surface area contributed by atoms with E-state index in [0.29, 0.717) is 0 Å². The average Bonchev–Trinajstić information content (AvgIpc) is 2.76. The number of rotatable bonds is 3. The van der Waals surface area contributed by atoms with Gasteiger partial charge in [0.05, 0.1) is 12.0 Å². The molecule has 2 aromatic rings. The Kier molecular flexibility index (Phi) is 3.91. The zero-order valence-corrected chi connectivity index (χ0v) is 12.0. The number of aromatic nitrogens is 1. The lowest BCUT2D eigenvalue weighted by Gasteiger charge is -2.00. The van der Waals surface area contributed by atoms with E-state index in [1.54, 1.807) is 17.7 Å². The summed E-state index contributed by atoms with van der Waals surface area (Å²) in [6, 6.07) is 8.10. The van der Waals surface area contributed by atoms with E-state index in [0.717, 1.165) is 20.9 Å². The van der Waals surface area contributed by atoms with Gasteiger partial charge in [-0.25, -0.2) is 9.98 Å². The fourth-order valence-electron chi connectivity index (χ4n) is 1.24. The maximum Gasteiger partial charge on any atom is 0.211 e. The van der Waals surface area contributed by atoms with Crippen molar-refractivity contribution in [1.29, 1.82) is 0 Å². The Hall–Kier alpha value is -1.20. The van der Waals surface area contributed by atoms with Crippen molar-refractivity contribution in [3.8, 4) is 11.3 Å². The second-order valence-electron chi connectivity index (χ2n) is 3.73. The topological polar surface area (TPSA) is 28.5 Å². The van der Waals surface area contributed by atoms with Crippen LogP contribution in [0.1, 0.15) is 0 Å². The van der Waals surface area contributed by atoms with Crippen molar-refractivity contribution in [2.24, 2.45) is 4.99 Å². The van der Waals surface area contributed by atoms with Crippen LogP contribution in [-0.4, -0.2) is 30.3 Å². The molecule has 1 aromatic carbocycles. The molecule has 0 aliphatic carbocycles. The average molecular weight is 310 g/mol. The molecule has 1 aromatic heterocycles. The minimum atomic E-state index is 0.775. The van der Waals surface area contributed by atoms with Gasteiger partial charge in [0.15, 0.2) is 0 Å². The second-order valence-corrected chi connectivity index (χ2v) is 5.48. The van der Waals surface area contributed by atoms with Crippen LogP contribution in [0.3, 0.4) is 0 Å². The van der Waals surface area contributed by atoms with Gasteiger partial charge in [-0.3, -0.25) is 0 Å². The molecule has 0 saturated heterocycles. The molecule has 0 N–H and O–H groups in total. The molecule has 0 fully saturated rings. The third kappa shape index (κ3) is 3.38. The smallest absolute Gasteiger partial charge is 0.211 e. The predicted molar refractivity (Wildman–Crippen MR) is 77.1 cm³/mol. The molecular formula is C12H12BrN3S. The summed E-state index contributed by atoms with van der Waals surface area (Å²) in [5.41, 5.74) is 2.07. The largest absolute Gasteiger partial charge is 0.369 e. The van der Waals surface area contributed by atoms with E-state index in [-0.39, 0.29) is 0 Å². The molecule has 0 radical (unpaired) electrons.